The number of amides is 1. The van der Waals surface area contributed by atoms with Crippen LogP contribution >= 0.6 is 0 Å². The number of nitrogens with one attached hydrogen (secondary N) is 1. The second-order valence-corrected chi connectivity index (χ2v) is 5.04. The third-order valence-corrected chi connectivity index (χ3v) is 3.97. The monoisotopic (exact) mass is 210 g/mol. The standard InChI is InChI=1S/C11H18N2O2/c14-10-13(9-3-1-2-4-9)8-11(15-10)5-6-12-7-11/h9,12H,1-8H2. The fourth-order valence-corrected chi connectivity index (χ4v) is 3.09. The first kappa shape index (κ1) is 9.46. The summed E-state index contributed by atoms with van der Waals surface area (Å²) in [4.78, 5) is 13.8. The Morgan fingerprint density at radius 1 is 1.40 bits per heavy atom. The fourth-order valence-electron chi connectivity index (χ4n) is 3.09. The summed E-state index contributed by atoms with van der Waals surface area (Å²) in [7, 11) is 0. The van der Waals surface area contributed by atoms with Gasteiger partial charge in [-0.05, 0) is 19.4 Å². The Kier molecular flexibility index (Phi) is 2.12. The van der Waals surface area contributed by atoms with Crippen LogP contribution in [-0.2, 0) is 4.74 Å². The van der Waals surface area contributed by atoms with E-state index in [2.05, 4.69) is 5.32 Å². The molecule has 1 atom stereocenters. The third kappa shape index (κ3) is 1.51. The van der Waals surface area contributed by atoms with Gasteiger partial charge in [-0.25, -0.2) is 4.79 Å². The van der Waals surface area contributed by atoms with Crippen molar-refractivity contribution in [1.82, 2.24) is 10.2 Å². The van der Waals surface area contributed by atoms with Gasteiger partial charge in [0, 0.05) is 19.0 Å². The zero-order valence-corrected chi connectivity index (χ0v) is 9.00. The Labute approximate surface area is 90.0 Å². The number of carbonyl (C=O) groups excluding carboxylic acids is 1. The molecule has 4 nitrogen and oxygen atoms in total. The average Bonchev–Trinajstić information content (AvgIpc) is 2.90. The molecule has 3 fully saturated rings. The molecule has 1 saturated carbocycles. The van der Waals surface area contributed by atoms with E-state index in [4.69, 9.17) is 4.74 Å². The topological polar surface area (TPSA) is 41.6 Å². The van der Waals surface area contributed by atoms with Gasteiger partial charge in [-0.3, -0.25) is 0 Å². The second-order valence-electron chi connectivity index (χ2n) is 5.04. The van der Waals surface area contributed by atoms with E-state index in [0.29, 0.717) is 6.04 Å². The zero-order chi connectivity index (χ0) is 10.3. The SMILES string of the molecule is O=C1OC2(CCNC2)CN1C1CCCC1. The normalized spacial score (nSPS) is 36.8. The van der Waals surface area contributed by atoms with Crippen LogP contribution in [0.5, 0.6) is 0 Å². The van der Waals surface area contributed by atoms with Crippen LogP contribution in [0.15, 0.2) is 0 Å². The molecule has 1 amide bonds. The van der Waals surface area contributed by atoms with Crippen molar-refractivity contribution in [2.24, 2.45) is 0 Å². The molecule has 15 heavy (non-hydrogen) atoms. The molecule has 0 aromatic carbocycles. The molecule has 4 heteroatoms. The van der Waals surface area contributed by atoms with E-state index < -0.39 is 0 Å². The van der Waals surface area contributed by atoms with Crippen LogP contribution in [0, 0.1) is 0 Å². The smallest absolute Gasteiger partial charge is 0.410 e. The van der Waals surface area contributed by atoms with Crippen molar-refractivity contribution in [2.75, 3.05) is 19.6 Å². The van der Waals surface area contributed by atoms with Gasteiger partial charge in [-0.2, -0.15) is 0 Å². The van der Waals surface area contributed by atoms with Crippen molar-refractivity contribution in [2.45, 2.75) is 43.7 Å². The minimum atomic E-state index is -0.195. The van der Waals surface area contributed by atoms with Gasteiger partial charge in [0.15, 0.2) is 0 Å². The van der Waals surface area contributed by atoms with Crippen LogP contribution < -0.4 is 5.32 Å². The van der Waals surface area contributed by atoms with E-state index in [1.54, 1.807) is 0 Å². The summed E-state index contributed by atoms with van der Waals surface area (Å²) in [5, 5.41) is 3.28. The quantitative estimate of drug-likeness (QED) is 0.705. The van der Waals surface area contributed by atoms with Crippen molar-refractivity contribution < 1.29 is 9.53 Å². The van der Waals surface area contributed by atoms with Gasteiger partial charge in [-0.1, -0.05) is 12.8 Å². The first-order valence-electron chi connectivity index (χ1n) is 5.99. The van der Waals surface area contributed by atoms with Crippen LogP contribution in [-0.4, -0.2) is 42.3 Å². The average molecular weight is 210 g/mol. The molecule has 2 aliphatic heterocycles. The Morgan fingerprint density at radius 3 is 2.87 bits per heavy atom. The maximum Gasteiger partial charge on any atom is 0.410 e. The summed E-state index contributed by atoms with van der Waals surface area (Å²) in [6, 6.07) is 0.456. The number of carbonyl (C=O) groups is 1. The second kappa shape index (κ2) is 3.37. The lowest BCUT2D eigenvalue weighted by Crippen LogP contribution is -2.39. The minimum absolute atomic E-state index is 0.0781. The number of rotatable bonds is 1. The van der Waals surface area contributed by atoms with Gasteiger partial charge < -0.3 is 15.0 Å². The predicted molar refractivity (Wildman–Crippen MR) is 55.7 cm³/mol. The van der Waals surface area contributed by atoms with Crippen molar-refractivity contribution in [3.63, 3.8) is 0 Å². The molecule has 0 aromatic rings. The molecule has 3 rings (SSSR count). The van der Waals surface area contributed by atoms with Crippen LogP contribution in [0.4, 0.5) is 4.79 Å². The first-order valence-corrected chi connectivity index (χ1v) is 5.99. The van der Waals surface area contributed by atoms with Gasteiger partial charge in [-0.15, -0.1) is 0 Å². The maximum absolute atomic E-state index is 11.8. The zero-order valence-electron chi connectivity index (χ0n) is 9.00. The molecule has 1 aliphatic carbocycles. The van der Waals surface area contributed by atoms with Crippen LogP contribution in [0.2, 0.25) is 0 Å². The summed E-state index contributed by atoms with van der Waals surface area (Å²) in [6.07, 6.45) is 5.75. The molecule has 0 radical (unpaired) electrons. The summed E-state index contributed by atoms with van der Waals surface area (Å²) >= 11 is 0. The molecule has 1 spiro atoms. The molecule has 2 heterocycles. The van der Waals surface area contributed by atoms with Gasteiger partial charge >= 0.3 is 6.09 Å². The lowest BCUT2D eigenvalue weighted by Gasteiger charge is -2.22. The van der Waals surface area contributed by atoms with Crippen molar-refractivity contribution in [3.05, 3.63) is 0 Å². The molecular weight excluding hydrogens is 192 g/mol. The van der Waals surface area contributed by atoms with Gasteiger partial charge in [0.2, 0.25) is 0 Å². The number of hydrogen-bond donors (Lipinski definition) is 1. The molecule has 84 valence electrons. The van der Waals surface area contributed by atoms with Crippen molar-refractivity contribution >= 4 is 6.09 Å². The largest absolute Gasteiger partial charge is 0.439 e. The molecular formula is C11H18N2O2. The number of hydrogen-bond acceptors (Lipinski definition) is 3. The molecule has 3 aliphatic rings. The summed E-state index contributed by atoms with van der Waals surface area (Å²) in [5.41, 5.74) is -0.195. The van der Waals surface area contributed by atoms with Crippen molar-refractivity contribution in [3.8, 4) is 0 Å². The lowest BCUT2D eigenvalue weighted by atomic mass is 10.0. The van der Waals surface area contributed by atoms with E-state index in [1.165, 1.54) is 25.7 Å². The molecule has 2 saturated heterocycles. The van der Waals surface area contributed by atoms with E-state index in [1.807, 2.05) is 4.90 Å². The predicted octanol–water partition coefficient (Wildman–Crippen LogP) is 1.11. The highest BCUT2D eigenvalue weighted by atomic mass is 16.6. The lowest BCUT2D eigenvalue weighted by molar-refractivity contribution is 0.0725. The van der Waals surface area contributed by atoms with Gasteiger partial charge in [0.25, 0.3) is 0 Å². The van der Waals surface area contributed by atoms with Gasteiger partial charge in [0.1, 0.15) is 5.60 Å². The third-order valence-electron chi connectivity index (χ3n) is 3.97. The Balaban J connectivity index is 1.72. The summed E-state index contributed by atoms with van der Waals surface area (Å²) < 4.78 is 5.56. The van der Waals surface area contributed by atoms with Crippen LogP contribution in [0.25, 0.3) is 0 Å². The maximum atomic E-state index is 11.8. The highest BCUT2D eigenvalue weighted by Gasteiger charge is 2.49. The highest BCUT2D eigenvalue weighted by Crippen LogP contribution is 2.34. The first-order chi connectivity index (χ1) is 7.29. The Bertz CT molecular complexity index is 268. The number of ether oxygens (including phenoxy) is 1. The van der Waals surface area contributed by atoms with Crippen molar-refractivity contribution in [1.29, 1.82) is 0 Å². The molecule has 1 N–H and O–H groups in total. The van der Waals surface area contributed by atoms with E-state index in [0.717, 1.165) is 26.1 Å². The van der Waals surface area contributed by atoms with Crippen LogP contribution in [0.1, 0.15) is 32.1 Å². The summed E-state index contributed by atoms with van der Waals surface area (Å²) in [6.45, 7) is 2.62. The minimum Gasteiger partial charge on any atom is -0.439 e. The molecule has 0 bridgehead atoms. The fraction of sp³-hybridized carbons (Fsp3) is 0.909. The Morgan fingerprint density at radius 2 is 2.20 bits per heavy atom. The van der Waals surface area contributed by atoms with E-state index in [9.17, 15) is 4.79 Å². The Hall–Kier alpha value is -0.770. The highest BCUT2D eigenvalue weighted by molar-refractivity contribution is 5.71. The number of nitrogens with zero attached hydrogens (tertiary/aromatic N) is 1. The molecule has 0 aromatic heterocycles. The summed E-state index contributed by atoms with van der Waals surface area (Å²) in [5.74, 6) is 0. The van der Waals surface area contributed by atoms with E-state index in [-0.39, 0.29) is 11.7 Å². The van der Waals surface area contributed by atoms with Gasteiger partial charge in [0.05, 0.1) is 6.54 Å². The molecule has 1 unspecified atom stereocenters. The van der Waals surface area contributed by atoms with Crippen LogP contribution in [0.3, 0.4) is 0 Å². The van der Waals surface area contributed by atoms with E-state index >= 15 is 0 Å².